The van der Waals surface area contributed by atoms with E-state index in [-0.39, 0.29) is 5.91 Å². The van der Waals surface area contributed by atoms with E-state index < -0.39 is 0 Å². The molecule has 1 heterocycles. The van der Waals surface area contributed by atoms with Gasteiger partial charge in [0.05, 0.1) is 13.7 Å². The highest BCUT2D eigenvalue weighted by molar-refractivity contribution is 5.94. The Morgan fingerprint density at radius 3 is 2.35 bits per heavy atom. The second-order valence-corrected chi connectivity index (χ2v) is 6.34. The van der Waals surface area contributed by atoms with Crippen LogP contribution in [0.3, 0.4) is 0 Å². The third-order valence-electron chi connectivity index (χ3n) is 4.66. The number of nitrogens with zero attached hydrogens (tertiary/aromatic N) is 2. The Bertz CT molecular complexity index is 722. The van der Waals surface area contributed by atoms with Crippen LogP contribution in [-0.4, -0.2) is 55.6 Å². The molecule has 1 fully saturated rings. The first-order chi connectivity index (χ1) is 12.7. The Labute approximate surface area is 155 Å². The molecule has 0 bridgehead atoms. The molecule has 0 aromatic heterocycles. The van der Waals surface area contributed by atoms with Crippen LogP contribution in [0.15, 0.2) is 48.5 Å². The van der Waals surface area contributed by atoms with Gasteiger partial charge in [0.15, 0.2) is 0 Å². The van der Waals surface area contributed by atoms with Crippen LogP contribution in [0, 0.1) is 0 Å². The highest BCUT2D eigenvalue weighted by Crippen LogP contribution is 2.21. The minimum Gasteiger partial charge on any atom is -0.497 e. The monoisotopic (exact) mass is 354 g/mol. The third kappa shape index (κ3) is 4.35. The molecule has 1 aliphatic heterocycles. The quantitative estimate of drug-likeness (QED) is 0.800. The van der Waals surface area contributed by atoms with Crippen LogP contribution < -0.4 is 9.47 Å². The molecule has 0 saturated carbocycles. The fourth-order valence-corrected chi connectivity index (χ4v) is 3.20. The lowest BCUT2D eigenvalue weighted by Gasteiger charge is -2.35. The van der Waals surface area contributed by atoms with Crippen LogP contribution in [0.2, 0.25) is 0 Å². The van der Waals surface area contributed by atoms with Crippen LogP contribution in [0.25, 0.3) is 0 Å². The molecule has 0 N–H and O–H groups in total. The van der Waals surface area contributed by atoms with Crippen molar-refractivity contribution in [1.82, 2.24) is 9.80 Å². The van der Waals surface area contributed by atoms with Crippen molar-refractivity contribution in [3.05, 3.63) is 59.7 Å². The molecule has 26 heavy (non-hydrogen) atoms. The summed E-state index contributed by atoms with van der Waals surface area (Å²) < 4.78 is 10.9. The maximum absolute atomic E-state index is 12.7. The van der Waals surface area contributed by atoms with Crippen molar-refractivity contribution >= 4 is 5.91 Å². The Balaban J connectivity index is 1.56. The van der Waals surface area contributed by atoms with Gasteiger partial charge in [0.2, 0.25) is 0 Å². The molecule has 1 aliphatic rings. The molecular formula is C21H26N2O3. The molecule has 0 radical (unpaired) electrons. The summed E-state index contributed by atoms with van der Waals surface area (Å²) in [5.74, 6) is 1.80. The smallest absolute Gasteiger partial charge is 0.253 e. The van der Waals surface area contributed by atoms with E-state index in [2.05, 4.69) is 11.0 Å². The molecule has 5 nitrogen and oxygen atoms in total. The lowest BCUT2D eigenvalue weighted by atomic mass is 10.1. The molecule has 1 saturated heterocycles. The minimum atomic E-state index is 0.0852. The molecule has 138 valence electrons. The van der Waals surface area contributed by atoms with Crippen LogP contribution in [0.5, 0.6) is 11.5 Å². The molecule has 0 unspecified atom stereocenters. The first-order valence-corrected chi connectivity index (χ1v) is 9.07. The van der Waals surface area contributed by atoms with Crippen molar-refractivity contribution in [2.45, 2.75) is 13.5 Å². The van der Waals surface area contributed by atoms with E-state index in [1.807, 2.05) is 54.3 Å². The zero-order chi connectivity index (χ0) is 18.4. The van der Waals surface area contributed by atoms with E-state index >= 15 is 0 Å². The van der Waals surface area contributed by atoms with E-state index in [1.165, 1.54) is 5.56 Å². The van der Waals surface area contributed by atoms with E-state index in [0.717, 1.165) is 44.2 Å². The number of hydrogen-bond donors (Lipinski definition) is 0. The van der Waals surface area contributed by atoms with Crippen molar-refractivity contribution in [3.8, 4) is 11.5 Å². The van der Waals surface area contributed by atoms with Crippen molar-refractivity contribution < 1.29 is 14.3 Å². The van der Waals surface area contributed by atoms with Crippen LogP contribution in [-0.2, 0) is 6.54 Å². The fourth-order valence-electron chi connectivity index (χ4n) is 3.20. The number of methoxy groups -OCH3 is 1. The maximum atomic E-state index is 12.7. The zero-order valence-corrected chi connectivity index (χ0v) is 15.5. The largest absolute Gasteiger partial charge is 0.497 e. The number of amides is 1. The van der Waals surface area contributed by atoms with E-state index in [1.54, 1.807) is 7.11 Å². The lowest BCUT2D eigenvalue weighted by Crippen LogP contribution is -2.48. The number of benzene rings is 2. The van der Waals surface area contributed by atoms with Gasteiger partial charge in [0, 0.05) is 43.9 Å². The summed E-state index contributed by atoms with van der Waals surface area (Å²) in [4.78, 5) is 16.9. The first kappa shape index (κ1) is 18.3. The minimum absolute atomic E-state index is 0.0852. The molecule has 0 spiro atoms. The van der Waals surface area contributed by atoms with Gasteiger partial charge in [-0.2, -0.15) is 0 Å². The Morgan fingerprint density at radius 2 is 1.69 bits per heavy atom. The van der Waals surface area contributed by atoms with Crippen LogP contribution in [0.1, 0.15) is 22.8 Å². The van der Waals surface area contributed by atoms with Gasteiger partial charge in [-0.25, -0.2) is 0 Å². The van der Waals surface area contributed by atoms with Crippen molar-refractivity contribution in [3.63, 3.8) is 0 Å². The van der Waals surface area contributed by atoms with Gasteiger partial charge in [0.1, 0.15) is 11.5 Å². The molecule has 5 heteroatoms. The molecule has 0 aliphatic carbocycles. The van der Waals surface area contributed by atoms with E-state index in [4.69, 9.17) is 9.47 Å². The van der Waals surface area contributed by atoms with Crippen LogP contribution in [0.4, 0.5) is 0 Å². The number of para-hydroxylation sites is 1. The third-order valence-corrected chi connectivity index (χ3v) is 4.66. The molecule has 0 atom stereocenters. The van der Waals surface area contributed by atoms with Crippen molar-refractivity contribution in [2.24, 2.45) is 0 Å². The Kier molecular flexibility index (Phi) is 6.12. The normalized spacial score (nSPS) is 14.9. The van der Waals surface area contributed by atoms with E-state index in [0.29, 0.717) is 12.2 Å². The topological polar surface area (TPSA) is 42.0 Å². The summed E-state index contributed by atoms with van der Waals surface area (Å²) in [5.41, 5.74) is 1.91. The molecule has 1 amide bonds. The second kappa shape index (κ2) is 8.72. The van der Waals surface area contributed by atoms with Crippen molar-refractivity contribution in [2.75, 3.05) is 39.9 Å². The summed E-state index contributed by atoms with van der Waals surface area (Å²) in [6, 6.07) is 15.5. The van der Waals surface area contributed by atoms with Crippen molar-refractivity contribution in [1.29, 1.82) is 0 Å². The number of carbonyl (C=O) groups is 1. The fraction of sp³-hybridized carbons (Fsp3) is 0.381. The number of piperazine rings is 1. The predicted molar refractivity (Wildman–Crippen MR) is 102 cm³/mol. The van der Waals surface area contributed by atoms with Gasteiger partial charge in [-0.05, 0) is 37.3 Å². The highest BCUT2D eigenvalue weighted by Gasteiger charge is 2.22. The number of hydrogen-bond acceptors (Lipinski definition) is 4. The standard InChI is InChI=1S/C21H26N2O3/c1-3-26-20-7-5-4-6-18(20)16-22-12-14-23(15-13-22)21(24)17-8-10-19(25-2)11-9-17/h4-11H,3,12-16H2,1-2H3. The maximum Gasteiger partial charge on any atom is 0.253 e. The number of ether oxygens (including phenoxy) is 2. The average Bonchev–Trinajstić information content (AvgIpc) is 2.70. The molecule has 2 aromatic rings. The lowest BCUT2D eigenvalue weighted by molar-refractivity contribution is 0.0627. The zero-order valence-electron chi connectivity index (χ0n) is 15.5. The van der Waals surface area contributed by atoms with E-state index in [9.17, 15) is 4.79 Å². The van der Waals surface area contributed by atoms with Gasteiger partial charge in [0.25, 0.3) is 5.91 Å². The summed E-state index contributed by atoms with van der Waals surface area (Å²) in [6.45, 7) is 6.72. The number of rotatable bonds is 6. The summed E-state index contributed by atoms with van der Waals surface area (Å²) in [7, 11) is 1.62. The van der Waals surface area contributed by atoms with Gasteiger partial charge in [-0.15, -0.1) is 0 Å². The molecule has 2 aromatic carbocycles. The van der Waals surface area contributed by atoms with Crippen LogP contribution >= 0.6 is 0 Å². The molecular weight excluding hydrogens is 328 g/mol. The summed E-state index contributed by atoms with van der Waals surface area (Å²) in [5, 5.41) is 0. The number of carbonyl (C=O) groups excluding carboxylic acids is 1. The second-order valence-electron chi connectivity index (χ2n) is 6.34. The Morgan fingerprint density at radius 1 is 1.00 bits per heavy atom. The van der Waals surface area contributed by atoms with Gasteiger partial charge < -0.3 is 14.4 Å². The molecule has 3 rings (SSSR count). The Hall–Kier alpha value is -2.53. The SMILES string of the molecule is CCOc1ccccc1CN1CCN(C(=O)c2ccc(OC)cc2)CC1. The predicted octanol–water partition coefficient (Wildman–Crippen LogP) is 3.05. The first-order valence-electron chi connectivity index (χ1n) is 9.07. The van der Waals surface area contributed by atoms with Gasteiger partial charge in [-0.1, -0.05) is 18.2 Å². The average molecular weight is 354 g/mol. The summed E-state index contributed by atoms with van der Waals surface area (Å²) >= 11 is 0. The van der Waals surface area contributed by atoms with Gasteiger partial charge >= 0.3 is 0 Å². The highest BCUT2D eigenvalue weighted by atomic mass is 16.5. The van der Waals surface area contributed by atoms with Gasteiger partial charge in [-0.3, -0.25) is 9.69 Å². The summed E-state index contributed by atoms with van der Waals surface area (Å²) in [6.07, 6.45) is 0.